The van der Waals surface area contributed by atoms with Gasteiger partial charge in [0.15, 0.2) is 9.84 Å². The quantitative estimate of drug-likeness (QED) is 0.696. The van der Waals surface area contributed by atoms with Gasteiger partial charge in [-0.25, -0.2) is 13.2 Å². The molecule has 2 aromatic rings. The fourth-order valence-electron chi connectivity index (χ4n) is 2.41. The molecule has 27 heavy (non-hydrogen) atoms. The van der Waals surface area contributed by atoms with Gasteiger partial charge >= 0.3 is 5.97 Å². The van der Waals surface area contributed by atoms with Gasteiger partial charge in [-0.1, -0.05) is 30.3 Å². The lowest BCUT2D eigenvalue weighted by molar-refractivity contribution is -0.117. The fraction of sp³-hybridized carbons (Fsp3) is 0.263. The van der Waals surface area contributed by atoms with Gasteiger partial charge < -0.3 is 15.8 Å². The molecule has 0 aromatic heterocycles. The number of amides is 1. The predicted octanol–water partition coefficient (Wildman–Crippen LogP) is 1.78. The highest BCUT2D eigenvalue weighted by atomic mass is 32.2. The summed E-state index contributed by atoms with van der Waals surface area (Å²) in [5.74, 6) is -1.16. The summed E-state index contributed by atoms with van der Waals surface area (Å²) in [6, 6.07) is 12.3. The van der Waals surface area contributed by atoms with Crippen LogP contribution in [0.3, 0.4) is 0 Å². The van der Waals surface area contributed by atoms with Gasteiger partial charge in [-0.3, -0.25) is 4.79 Å². The van der Waals surface area contributed by atoms with E-state index in [1.807, 2.05) is 30.3 Å². The van der Waals surface area contributed by atoms with Crippen LogP contribution in [0.4, 0.5) is 5.69 Å². The number of carbonyl (C=O) groups is 2. The summed E-state index contributed by atoms with van der Waals surface area (Å²) in [4.78, 5) is 24.3. The second kappa shape index (κ2) is 8.79. The second-order valence-electron chi connectivity index (χ2n) is 6.02. The number of hydrogen-bond donors (Lipinski definition) is 2. The first-order chi connectivity index (χ1) is 12.7. The van der Waals surface area contributed by atoms with Crippen LogP contribution in [-0.2, 0) is 25.8 Å². The summed E-state index contributed by atoms with van der Waals surface area (Å²) >= 11 is 0. The summed E-state index contributed by atoms with van der Waals surface area (Å²) < 4.78 is 28.7. The molecule has 0 fully saturated rings. The van der Waals surface area contributed by atoms with Crippen LogP contribution < -0.4 is 11.1 Å². The lowest BCUT2D eigenvalue weighted by atomic mass is 10.1. The standard InChI is InChI=1S/C19H22N2O5S/c1-3-26-19(23)14-10-15(12-16(11-14)27(2,24)25)21-18(22)17(20)9-13-7-5-4-6-8-13/h4-8,10-12,17H,3,9,20H2,1-2H3,(H,21,22)/t17-/m0/s1. The number of carbonyl (C=O) groups excluding carboxylic acids is 2. The van der Waals surface area contributed by atoms with Crippen LogP contribution in [0.15, 0.2) is 53.4 Å². The highest BCUT2D eigenvalue weighted by Crippen LogP contribution is 2.20. The molecule has 8 heteroatoms. The van der Waals surface area contributed by atoms with E-state index in [-0.39, 0.29) is 22.8 Å². The Labute approximate surface area is 158 Å². The molecular formula is C19H22N2O5S. The molecule has 1 amide bonds. The Morgan fingerprint density at radius 3 is 2.41 bits per heavy atom. The topological polar surface area (TPSA) is 116 Å². The Balaban J connectivity index is 2.24. The van der Waals surface area contributed by atoms with Crippen LogP contribution >= 0.6 is 0 Å². The van der Waals surface area contributed by atoms with Crippen molar-refractivity contribution < 1.29 is 22.7 Å². The zero-order valence-electron chi connectivity index (χ0n) is 15.1. The van der Waals surface area contributed by atoms with Crippen molar-refractivity contribution in [3.8, 4) is 0 Å². The van der Waals surface area contributed by atoms with Gasteiger partial charge in [0.1, 0.15) is 0 Å². The molecule has 0 aliphatic carbocycles. The van der Waals surface area contributed by atoms with E-state index >= 15 is 0 Å². The molecule has 2 rings (SSSR count). The first-order valence-electron chi connectivity index (χ1n) is 8.33. The monoisotopic (exact) mass is 390 g/mol. The Kier molecular flexibility index (Phi) is 6.70. The van der Waals surface area contributed by atoms with Crippen LogP contribution in [0.25, 0.3) is 0 Å². The van der Waals surface area contributed by atoms with E-state index in [0.29, 0.717) is 6.42 Å². The molecule has 0 heterocycles. The van der Waals surface area contributed by atoms with E-state index in [9.17, 15) is 18.0 Å². The Morgan fingerprint density at radius 1 is 1.15 bits per heavy atom. The third-order valence-electron chi connectivity index (χ3n) is 3.75. The Morgan fingerprint density at radius 2 is 1.81 bits per heavy atom. The number of benzene rings is 2. The van der Waals surface area contributed by atoms with Crippen molar-refractivity contribution >= 4 is 27.4 Å². The summed E-state index contributed by atoms with van der Waals surface area (Å²) in [6.07, 6.45) is 1.34. The van der Waals surface area contributed by atoms with E-state index in [0.717, 1.165) is 11.8 Å². The smallest absolute Gasteiger partial charge is 0.338 e. The molecule has 0 unspecified atom stereocenters. The summed E-state index contributed by atoms with van der Waals surface area (Å²) in [5.41, 5.74) is 7.04. The maximum Gasteiger partial charge on any atom is 0.338 e. The van der Waals surface area contributed by atoms with Gasteiger partial charge in [0.05, 0.1) is 23.1 Å². The van der Waals surface area contributed by atoms with E-state index < -0.39 is 27.8 Å². The molecule has 0 radical (unpaired) electrons. The van der Waals surface area contributed by atoms with Crippen molar-refractivity contribution in [2.24, 2.45) is 5.73 Å². The minimum absolute atomic E-state index is 0.0340. The highest BCUT2D eigenvalue weighted by Gasteiger charge is 2.18. The van der Waals surface area contributed by atoms with Crippen LogP contribution in [-0.4, -0.2) is 39.2 Å². The molecule has 0 saturated carbocycles. The first-order valence-corrected chi connectivity index (χ1v) is 10.2. The number of ether oxygens (including phenoxy) is 1. The molecule has 0 aliphatic rings. The van der Waals surface area contributed by atoms with Crippen LogP contribution in [0.1, 0.15) is 22.8 Å². The first kappa shape index (κ1) is 20.6. The van der Waals surface area contributed by atoms with Crippen molar-refractivity contribution in [1.29, 1.82) is 0 Å². The van der Waals surface area contributed by atoms with E-state index in [1.54, 1.807) is 6.92 Å². The van der Waals surface area contributed by atoms with Gasteiger partial charge in [-0.05, 0) is 37.1 Å². The molecular weight excluding hydrogens is 368 g/mol. The number of sulfone groups is 1. The SMILES string of the molecule is CCOC(=O)c1cc(NC(=O)[C@@H](N)Cc2ccccc2)cc(S(C)(=O)=O)c1. The molecule has 1 atom stereocenters. The predicted molar refractivity (Wildman–Crippen MR) is 102 cm³/mol. The Bertz CT molecular complexity index is 926. The minimum atomic E-state index is -3.59. The average molecular weight is 390 g/mol. The number of nitrogens with two attached hydrogens (primary N) is 1. The third kappa shape index (κ3) is 5.90. The average Bonchev–Trinajstić information content (AvgIpc) is 2.61. The summed E-state index contributed by atoms with van der Waals surface area (Å²) in [7, 11) is -3.59. The zero-order chi connectivity index (χ0) is 20.0. The summed E-state index contributed by atoms with van der Waals surface area (Å²) in [6.45, 7) is 1.79. The van der Waals surface area contributed by atoms with Gasteiger partial charge in [0, 0.05) is 11.9 Å². The second-order valence-corrected chi connectivity index (χ2v) is 8.04. The molecule has 0 aliphatic heterocycles. The van der Waals surface area contributed by atoms with E-state index in [4.69, 9.17) is 10.5 Å². The van der Waals surface area contributed by atoms with Crippen molar-refractivity contribution in [1.82, 2.24) is 0 Å². The van der Waals surface area contributed by atoms with Crippen molar-refractivity contribution in [3.05, 3.63) is 59.7 Å². The lowest BCUT2D eigenvalue weighted by Gasteiger charge is -2.14. The molecule has 0 saturated heterocycles. The normalized spacial score (nSPS) is 12.3. The third-order valence-corrected chi connectivity index (χ3v) is 4.84. The molecule has 144 valence electrons. The summed E-state index contributed by atoms with van der Waals surface area (Å²) in [5, 5.41) is 2.58. The lowest BCUT2D eigenvalue weighted by Crippen LogP contribution is -2.37. The van der Waals surface area contributed by atoms with Crippen LogP contribution in [0.5, 0.6) is 0 Å². The van der Waals surface area contributed by atoms with Crippen LogP contribution in [0, 0.1) is 0 Å². The minimum Gasteiger partial charge on any atom is -0.462 e. The van der Waals surface area contributed by atoms with E-state index in [1.165, 1.54) is 18.2 Å². The van der Waals surface area contributed by atoms with Gasteiger partial charge in [0.2, 0.25) is 5.91 Å². The van der Waals surface area contributed by atoms with Crippen molar-refractivity contribution in [3.63, 3.8) is 0 Å². The molecule has 7 nitrogen and oxygen atoms in total. The maximum atomic E-state index is 12.4. The zero-order valence-corrected chi connectivity index (χ0v) is 16.0. The van der Waals surface area contributed by atoms with Crippen LogP contribution in [0.2, 0.25) is 0 Å². The number of anilines is 1. The number of esters is 1. The highest BCUT2D eigenvalue weighted by molar-refractivity contribution is 7.90. The fourth-order valence-corrected chi connectivity index (χ4v) is 3.10. The van der Waals surface area contributed by atoms with E-state index in [2.05, 4.69) is 5.32 Å². The van der Waals surface area contributed by atoms with Crippen molar-refractivity contribution in [2.75, 3.05) is 18.2 Å². The molecule has 0 spiro atoms. The Hall–Kier alpha value is -2.71. The molecule has 0 bridgehead atoms. The van der Waals surface area contributed by atoms with Gasteiger partial charge in [-0.15, -0.1) is 0 Å². The molecule has 3 N–H and O–H groups in total. The van der Waals surface area contributed by atoms with Gasteiger partial charge in [-0.2, -0.15) is 0 Å². The largest absolute Gasteiger partial charge is 0.462 e. The number of nitrogens with one attached hydrogen (secondary N) is 1. The number of hydrogen-bond acceptors (Lipinski definition) is 6. The number of rotatable bonds is 7. The van der Waals surface area contributed by atoms with Crippen molar-refractivity contribution in [2.45, 2.75) is 24.3 Å². The molecule has 2 aromatic carbocycles. The maximum absolute atomic E-state index is 12.4. The van der Waals surface area contributed by atoms with Gasteiger partial charge in [0.25, 0.3) is 0 Å².